The molecule has 2 aliphatic rings. The molecule has 0 bridgehead atoms. The molecule has 2 fully saturated rings. The summed E-state index contributed by atoms with van der Waals surface area (Å²) >= 11 is 0. The number of hydrogen-bond donors (Lipinski definition) is 0. The van der Waals surface area contributed by atoms with Gasteiger partial charge in [-0.05, 0) is 17.7 Å². The maximum atomic E-state index is 12.7. The second kappa shape index (κ2) is 7.32. The first kappa shape index (κ1) is 18.0. The van der Waals surface area contributed by atoms with E-state index in [0.29, 0.717) is 19.6 Å². The third-order valence-electron chi connectivity index (χ3n) is 5.23. The van der Waals surface area contributed by atoms with E-state index >= 15 is 0 Å². The molecule has 0 radical (unpaired) electrons. The molecule has 1 aromatic heterocycles. The van der Waals surface area contributed by atoms with Crippen LogP contribution in [0.4, 0.5) is 0 Å². The number of rotatable bonds is 4. The Bertz CT molecular complexity index is 922. The van der Waals surface area contributed by atoms with Crippen LogP contribution in [0, 0.1) is 0 Å². The largest absolute Gasteiger partial charge is 0.459 e. The van der Waals surface area contributed by atoms with Crippen LogP contribution in [0.3, 0.4) is 0 Å². The zero-order valence-corrected chi connectivity index (χ0v) is 15.7. The van der Waals surface area contributed by atoms with Crippen molar-refractivity contribution in [1.29, 1.82) is 0 Å². The molecule has 0 saturated carbocycles. The number of carbonyl (C=O) groups excluding carboxylic acids is 1. The molecule has 2 saturated heterocycles. The van der Waals surface area contributed by atoms with E-state index in [1.54, 1.807) is 17.0 Å². The number of carbonyl (C=O) groups is 1. The quantitative estimate of drug-likeness (QED) is 0.803. The van der Waals surface area contributed by atoms with E-state index in [1.165, 1.54) is 6.26 Å². The lowest BCUT2D eigenvalue weighted by Crippen LogP contribution is -2.60. The fraction of sp³-hybridized carbons (Fsp3) is 0.350. The molecule has 4 rings (SSSR count). The molecule has 0 aliphatic carbocycles. The van der Waals surface area contributed by atoms with Gasteiger partial charge in [-0.25, -0.2) is 8.42 Å². The average molecular weight is 386 g/mol. The first-order valence-electron chi connectivity index (χ1n) is 9.04. The summed E-state index contributed by atoms with van der Waals surface area (Å²) in [5.41, 5.74) is 1.11. The molecule has 3 heterocycles. The van der Waals surface area contributed by atoms with E-state index in [-0.39, 0.29) is 35.3 Å². The summed E-state index contributed by atoms with van der Waals surface area (Å²) in [4.78, 5) is 16.6. The van der Waals surface area contributed by atoms with Crippen LogP contribution in [0.5, 0.6) is 0 Å². The molecular weight excluding hydrogens is 364 g/mol. The Morgan fingerprint density at radius 2 is 1.85 bits per heavy atom. The molecule has 6 nitrogen and oxygen atoms in total. The number of fused-ring (bicyclic) bond motifs is 1. The molecule has 142 valence electrons. The summed E-state index contributed by atoms with van der Waals surface area (Å²) in [7, 11) is -3.16. The third-order valence-corrected chi connectivity index (χ3v) is 6.93. The Morgan fingerprint density at radius 3 is 2.59 bits per heavy atom. The van der Waals surface area contributed by atoms with Gasteiger partial charge in [0.25, 0.3) is 5.91 Å². The molecule has 7 heteroatoms. The molecule has 27 heavy (non-hydrogen) atoms. The lowest BCUT2D eigenvalue weighted by Gasteiger charge is -2.43. The highest BCUT2D eigenvalue weighted by Gasteiger charge is 2.48. The predicted molar refractivity (Wildman–Crippen MR) is 103 cm³/mol. The van der Waals surface area contributed by atoms with Crippen molar-refractivity contribution in [3.05, 3.63) is 66.1 Å². The van der Waals surface area contributed by atoms with E-state index in [0.717, 1.165) is 5.56 Å². The number of hydrogen-bond acceptors (Lipinski definition) is 5. The van der Waals surface area contributed by atoms with Crippen molar-refractivity contribution in [2.45, 2.75) is 12.1 Å². The van der Waals surface area contributed by atoms with E-state index in [1.807, 2.05) is 36.4 Å². The topological polar surface area (TPSA) is 70.8 Å². The van der Waals surface area contributed by atoms with Gasteiger partial charge in [0.2, 0.25) is 0 Å². The van der Waals surface area contributed by atoms with Gasteiger partial charge in [0.1, 0.15) is 0 Å². The van der Waals surface area contributed by atoms with Gasteiger partial charge in [-0.1, -0.05) is 42.5 Å². The summed E-state index contributed by atoms with van der Waals surface area (Å²) in [6.45, 7) is 1.80. The summed E-state index contributed by atoms with van der Waals surface area (Å²) in [6.07, 6.45) is 5.56. The lowest BCUT2D eigenvalue weighted by molar-refractivity contribution is 0.0343. The standard InChI is InChI=1S/C20H22N2O4S/c23-20(19-9-5-13-26-19)22-12-11-21(17-14-27(24,25)15-18(17)22)10-4-8-16-6-2-1-3-7-16/h1-9,13,17-18H,10-12,14-15H2. The SMILES string of the molecule is O=C(c1ccco1)N1CCN(CC=Cc2ccccc2)C2CS(=O)(=O)CC21. The molecule has 0 spiro atoms. The van der Waals surface area contributed by atoms with Gasteiger partial charge >= 0.3 is 0 Å². The van der Waals surface area contributed by atoms with Gasteiger partial charge in [0.05, 0.1) is 23.8 Å². The third kappa shape index (κ3) is 3.84. The molecule has 2 aromatic rings. The minimum Gasteiger partial charge on any atom is -0.459 e. The van der Waals surface area contributed by atoms with Gasteiger partial charge in [0.15, 0.2) is 15.6 Å². The minimum absolute atomic E-state index is 0.0169. The molecule has 1 amide bonds. The van der Waals surface area contributed by atoms with Crippen molar-refractivity contribution < 1.29 is 17.6 Å². The highest BCUT2D eigenvalue weighted by molar-refractivity contribution is 7.91. The van der Waals surface area contributed by atoms with Crippen molar-refractivity contribution in [2.24, 2.45) is 0 Å². The highest BCUT2D eigenvalue weighted by atomic mass is 32.2. The highest BCUT2D eigenvalue weighted by Crippen LogP contribution is 2.28. The van der Waals surface area contributed by atoms with Crippen LogP contribution in [0.15, 0.2) is 59.2 Å². The zero-order chi connectivity index (χ0) is 18.9. The fourth-order valence-corrected chi connectivity index (χ4v) is 5.95. The van der Waals surface area contributed by atoms with E-state index in [4.69, 9.17) is 4.42 Å². The van der Waals surface area contributed by atoms with Crippen LogP contribution in [0.2, 0.25) is 0 Å². The molecule has 2 unspecified atom stereocenters. The number of piperazine rings is 1. The lowest BCUT2D eigenvalue weighted by atomic mass is 10.0. The Morgan fingerprint density at radius 1 is 1.07 bits per heavy atom. The monoisotopic (exact) mass is 386 g/mol. The molecule has 2 aliphatic heterocycles. The van der Waals surface area contributed by atoms with E-state index in [9.17, 15) is 13.2 Å². The number of benzene rings is 1. The second-order valence-electron chi connectivity index (χ2n) is 7.00. The average Bonchev–Trinajstić information content (AvgIpc) is 3.29. The van der Waals surface area contributed by atoms with Gasteiger partial charge < -0.3 is 9.32 Å². The van der Waals surface area contributed by atoms with Crippen LogP contribution in [-0.2, 0) is 9.84 Å². The van der Waals surface area contributed by atoms with Gasteiger partial charge in [-0.15, -0.1) is 0 Å². The van der Waals surface area contributed by atoms with Crippen molar-refractivity contribution >= 4 is 21.8 Å². The number of nitrogens with zero attached hydrogens (tertiary/aromatic N) is 2. The van der Waals surface area contributed by atoms with Crippen molar-refractivity contribution in [3.8, 4) is 0 Å². The van der Waals surface area contributed by atoms with Gasteiger partial charge in [-0.3, -0.25) is 9.69 Å². The van der Waals surface area contributed by atoms with Crippen LogP contribution >= 0.6 is 0 Å². The number of furan rings is 1. The fourth-order valence-electron chi connectivity index (χ4n) is 3.93. The maximum absolute atomic E-state index is 12.7. The zero-order valence-electron chi connectivity index (χ0n) is 14.9. The Kier molecular flexibility index (Phi) is 4.88. The minimum atomic E-state index is -3.16. The van der Waals surface area contributed by atoms with Crippen LogP contribution in [0.25, 0.3) is 6.08 Å². The first-order chi connectivity index (χ1) is 13.0. The molecule has 1 aromatic carbocycles. The smallest absolute Gasteiger partial charge is 0.289 e. The maximum Gasteiger partial charge on any atom is 0.289 e. The second-order valence-corrected chi connectivity index (χ2v) is 9.15. The van der Waals surface area contributed by atoms with E-state index < -0.39 is 9.84 Å². The van der Waals surface area contributed by atoms with Crippen LogP contribution < -0.4 is 0 Å². The van der Waals surface area contributed by atoms with Crippen molar-refractivity contribution in [1.82, 2.24) is 9.80 Å². The normalized spacial score (nSPS) is 25.0. The summed E-state index contributed by atoms with van der Waals surface area (Å²) in [5.74, 6) is 0.143. The van der Waals surface area contributed by atoms with Crippen molar-refractivity contribution in [3.63, 3.8) is 0 Å². The van der Waals surface area contributed by atoms with Gasteiger partial charge in [0, 0.05) is 25.7 Å². The van der Waals surface area contributed by atoms with Crippen molar-refractivity contribution in [2.75, 3.05) is 31.1 Å². The predicted octanol–water partition coefficient (Wildman–Crippen LogP) is 1.92. The Balaban J connectivity index is 1.50. The number of sulfone groups is 1. The summed E-state index contributed by atoms with van der Waals surface area (Å²) < 4.78 is 29.8. The molecule has 0 N–H and O–H groups in total. The Labute approximate surface area is 159 Å². The van der Waals surface area contributed by atoms with Crippen LogP contribution in [-0.4, -0.2) is 67.3 Å². The number of amides is 1. The molecule has 2 atom stereocenters. The molecular formula is C20H22N2O4S. The van der Waals surface area contributed by atoms with E-state index in [2.05, 4.69) is 11.0 Å². The Hall–Kier alpha value is -2.38. The summed E-state index contributed by atoms with van der Waals surface area (Å²) in [5, 5.41) is 0. The summed E-state index contributed by atoms with van der Waals surface area (Å²) in [6, 6.07) is 12.8. The van der Waals surface area contributed by atoms with Crippen LogP contribution in [0.1, 0.15) is 16.1 Å². The van der Waals surface area contributed by atoms with Gasteiger partial charge in [-0.2, -0.15) is 0 Å². The first-order valence-corrected chi connectivity index (χ1v) is 10.9.